The van der Waals surface area contributed by atoms with Crippen molar-refractivity contribution < 1.29 is 22.8 Å². The second-order valence-corrected chi connectivity index (χ2v) is 9.75. The summed E-state index contributed by atoms with van der Waals surface area (Å²) in [6.45, 7) is 4.10. The maximum Gasteiger partial charge on any atom is 0.244 e. The van der Waals surface area contributed by atoms with Gasteiger partial charge >= 0.3 is 0 Å². The summed E-state index contributed by atoms with van der Waals surface area (Å²) in [5, 5.41) is 2.68. The van der Waals surface area contributed by atoms with Crippen LogP contribution in [-0.4, -0.2) is 68.2 Å². The largest absolute Gasteiger partial charge is 0.344 e. The minimum Gasteiger partial charge on any atom is -0.344 e. The van der Waals surface area contributed by atoms with Crippen molar-refractivity contribution in [1.82, 2.24) is 10.2 Å². The zero-order chi connectivity index (χ0) is 20.5. The van der Waals surface area contributed by atoms with Crippen molar-refractivity contribution in [3.05, 3.63) is 29.8 Å². The Hall–Kier alpha value is -2.42. The van der Waals surface area contributed by atoms with Gasteiger partial charge in [-0.3, -0.25) is 14.4 Å². The second-order valence-electron chi connectivity index (χ2n) is 7.45. The molecule has 2 unspecified atom stereocenters. The topological polar surface area (TPSA) is 104 Å². The molecule has 0 radical (unpaired) electrons. The van der Waals surface area contributed by atoms with Crippen molar-refractivity contribution in [2.75, 3.05) is 36.0 Å². The lowest BCUT2D eigenvalue weighted by Crippen LogP contribution is -2.52. The van der Waals surface area contributed by atoms with Crippen molar-refractivity contribution in [2.24, 2.45) is 5.92 Å². The van der Waals surface area contributed by atoms with Crippen LogP contribution >= 0.6 is 0 Å². The molecule has 2 aliphatic rings. The van der Waals surface area contributed by atoms with E-state index in [4.69, 9.17) is 0 Å². The summed E-state index contributed by atoms with van der Waals surface area (Å²) >= 11 is 0. The number of rotatable bonds is 4. The third kappa shape index (κ3) is 4.52. The number of carbonyl (C=O) groups excluding carboxylic acids is 3. The van der Waals surface area contributed by atoms with E-state index < -0.39 is 21.8 Å². The number of hydrogen-bond donors (Lipinski definition) is 1. The molecule has 8 nitrogen and oxygen atoms in total. The lowest BCUT2D eigenvalue weighted by Gasteiger charge is -2.29. The average Bonchev–Trinajstić information content (AvgIpc) is 3.03. The van der Waals surface area contributed by atoms with Gasteiger partial charge in [-0.2, -0.15) is 0 Å². The highest BCUT2D eigenvalue weighted by atomic mass is 32.2. The normalized spacial score (nSPS) is 22.8. The summed E-state index contributed by atoms with van der Waals surface area (Å²) in [5.74, 6) is -1.39. The van der Waals surface area contributed by atoms with Crippen LogP contribution in [0.15, 0.2) is 24.3 Å². The number of sulfone groups is 1. The summed E-state index contributed by atoms with van der Waals surface area (Å²) < 4.78 is 23.0. The Morgan fingerprint density at radius 2 is 1.75 bits per heavy atom. The van der Waals surface area contributed by atoms with Crippen LogP contribution in [0, 0.1) is 12.8 Å². The second kappa shape index (κ2) is 7.90. The molecule has 0 bridgehead atoms. The van der Waals surface area contributed by atoms with Gasteiger partial charge in [-0.15, -0.1) is 0 Å². The number of hydrogen-bond acceptors (Lipinski definition) is 5. The van der Waals surface area contributed by atoms with Crippen LogP contribution in [0.5, 0.6) is 0 Å². The molecule has 1 aromatic carbocycles. The van der Waals surface area contributed by atoms with E-state index in [2.05, 4.69) is 5.32 Å². The number of anilines is 1. The van der Waals surface area contributed by atoms with Gasteiger partial charge < -0.3 is 15.1 Å². The number of nitrogens with one attached hydrogen (secondary N) is 1. The first-order valence-electron chi connectivity index (χ1n) is 9.33. The molecule has 0 saturated carbocycles. The highest BCUT2D eigenvalue weighted by Gasteiger charge is 2.36. The summed E-state index contributed by atoms with van der Waals surface area (Å²) in [5.41, 5.74) is 1.84. The molecule has 0 aromatic heterocycles. The van der Waals surface area contributed by atoms with Crippen LogP contribution in [0.1, 0.15) is 18.9 Å². The first-order chi connectivity index (χ1) is 13.2. The Kier molecular flexibility index (Phi) is 5.74. The molecule has 0 spiro atoms. The molecule has 2 fully saturated rings. The number of benzene rings is 1. The summed E-state index contributed by atoms with van der Waals surface area (Å²) in [7, 11) is -3.08. The Morgan fingerprint density at radius 1 is 1.14 bits per heavy atom. The maximum atomic E-state index is 12.6. The zero-order valence-corrected chi connectivity index (χ0v) is 16.9. The van der Waals surface area contributed by atoms with Gasteiger partial charge in [-0.05, 0) is 26.0 Å². The van der Waals surface area contributed by atoms with E-state index in [9.17, 15) is 22.8 Å². The average molecular weight is 407 g/mol. The molecule has 3 amide bonds. The van der Waals surface area contributed by atoms with Gasteiger partial charge in [0.1, 0.15) is 6.04 Å². The van der Waals surface area contributed by atoms with Gasteiger partial charge in [-0.1, -0.05) is 17.7 Å². The highest BCUT2D eigenvalue weighted by Crippen LogP contribution is 2.25. The van der Waals surface area contributed by atoms with Gasteiger partial charge in [0, 0.05) is 31.7 Å². The third-order valence-electron chi connectivity index (χ3n) is 5.23. The predicted molar refractivity (Wildman–Crippen MR) is 104 cm³/mol. The molecule has 9 heteroatoms. The Balaban J connectivity index is 1.56. The van der Waals surface area contributed by atoms with E-state index in [0.29, 0.717) is 0 Å². The standard InChI is InChI=1S/C19H25N3O5S/c1-13-3-5-16(6-4-13)22-12-15(11-17(22)23)18(24)20-14(2)19(25)21-7-9-28(26,27)10-8-21/h3-6,14-15H,7-12H2,1-2H3,(H,20,24). The van der Waals surface area contributed by atoms with Gasteiger partial charge in [-0.25, -0.2) is 8.42 Å². The molecule has 0 aliphatic carbocycles. The van der Waals surface area contributed by atoms with Crippen LogP contribution < -0.4 is 10.2 Å². The number of carbonyl (C=O) groups is 3. The number of amides is 3. The van der Waals surface area contributed by atoms with E-state index in [1.165, 1.54) is 4.90 Å². The molecule has 152 valence electrons. The first-order valence-corrected chi connectivity index (χ1v) is 11.1. The van der Waals surface area contributed by atoms with Crippen LogP contribution in [0.3, 0.4) is 0 Å². The van der Waals surface area contributed by atoms with E-state index in [1.807, 2.05) is 31.2 Å². The fraction of sp³-hybridized carbons (Fsp3) is 0.526. The van der Waals surface area contributed by atoms with E-state index in [0.717, 1.165) is 11.3 Å². The summed E-state index contributed by atoms with van der Waals surface area (Å²) in [6, 6.07) is 6.76. The smallest absolute Gasteiger partial charge is 0.244 e. The van der Waals surface area contributed by atoms with Crippen molar-refractivity contribution in [2.45, 2.75) is 26.3 Å². The Labute approximate surface area is 164 Å². The van der Waals surface area contributed by atoms with E-state index >= 15 is 0 Å². The highest BCUT2D eigenvalue weighted by molar-refractivity contribution is 7.91. The van der Waals surface area contributed by atoms with E-state index in [1.54, 1.807) is 11.8 Å². The van der Waals surface area contributed by atoms with Gasteiger partial charge in [0.25, 0.3) is 0 Å². The first kappa shape index (κ1) is 20.3. The lowest BCUT2D eigenvalue weighted by molar-refractivity contribution is -0.136. The predicted octanol–water partition coefficient (Wildman–Crippen LogP) is 0.110. The SMILES string of the molecule is Cc1ccc(N2CC(C(=O)NC(C)C(=O)N3CCS(=O)(=O)CC3)CC2=O)cc1. The minimum absolute atomic E-state index is 0.0535. The monoisotopic (exact) mass is 407 g/mol. The minimum atomic E-state index is -3.08. The molecule has 28 heavy (non-hydrogen) atoms. The third-order valence-corrected chi connectivity index (χ3v) is 6.84. The summed E-state index contributed by atoms with van der Waals surface area (Å²) in [4.78, 5) is 40.4. The Bertz CT molecular complexity index is 867. The Morgan fingerprint density at radius 3 is 2.36 bits per heavy atom. The number of aryl methyl sites for hydroxylation is 1. The van der Waals surface area contributed by atoms with Gasteiger partial charge in [0.2, 0.25) is 17.7 Å². The molecule has 2 heterocycles. The van der Waals surface area contributed by atoms with Crippen molar-refractivity contribution >= 4 is 33.2 Å². The summed E-state index contributed by atoms with van der Waals surface area (Å²) in [6.07, 6.45) is 0.0998. The molecule has 2 saturated heterocycles. The maximum absolute atomic E-state index is 12.6. The molecular weight excluding hydrogens is 382 g/mol. The quantitative estimate of drug-likeness (QED) is 0.763. The van der Waals surface area contributed by atoms with Crippen LogP contribution in [-0.2, 0) is 24.2 Å². The fourth-order valence-electron chi connectivity index (χ4n) is 3.46. The molecule has 2 atom stereocenters. The fourth-order valence-corrected chi connectivity index (χ4v) is 4.66. The molecule has 1 aromatic rings. The van der Waals surface area contributed by atoms with Crippen molar-refractivity contribution in [3.8, 4) is 0 Å². The number of nitrogens with zero attached hydrogens (tertiary/aromatic N) is 2. The zero-order valence-electron chi connectivity index (χ0n) is 16.1. The van der Waals surface area contributed by atoms with Crippen molar-refractivity contribution in [3.63, 3.8) is 0 Å². The van der Waals surface area contributed by atoms with Crippen LogP contribution in [0.4, 0.5) is 5.69 Å². The van der Waals surface area contributed by atoms with Crippen LogP contribution in [0.2, 0.25) is 0 Å². The van der Waals surface area contributed by atoms with Gasteiger partial charge in [0.15, 0.2) is 9.84 Å². The van der Waals surface area contributed by atoms with Gasteiger partial charge in [0.05, 0.1) is 17.4 Å². The van der Waals surface area contributed by atoms with E-state index in [-0.39, 0.29) is 55.3 Å². The van der Waals surface area contributed by atoms with Crippen LogP contribution in [0.25, 0.3) is 0 Å². The molecular formula is C19H25N3O5S. The van der Waals surface area contributed by atoms with Crippen molar-refractivity contribution in [1.29, 1.82) is 0 Å². The molecule has 1 N–H and O–H groups in total. The molecule has 2 aliphatic heterocycles. The lowest BCUT2D eigenvalue weighted by atomic mass is 10.1. The molecule has 3 rings (SSSR count).